The molecule has 1 aromatic rings. The highest BCUT2D eigenvalue weighted by molar-refractivity contribution is 6.74. The van der Waals surface area contributed by atoms with Gasteiger partial charge in [-0.1, -0.05) is 37.5 Å². The summed E-state index contributed by atoms with van der Waals surface area (Å²) in [5.74, 6) is -0.573. The Morgan fingerprint density at radius 1 is 1.50 bits per heavy atom. The van der Waals surface area contributed by atoms with Gasteiger partial charge in [0, 0.05) is 4.91 Å². The first-order chi connectivity index (χ1) is 13.9. The number of hydrogen-bond donors (Lipinski definition) is 0. The Bertz CT molecular complexity index is 869. The number of esters is 1. The summed E-state index contributed by atoms with van der Waals surface area (Å²) in [6, 6.07) is -1.43. The van der Waals surface area contributed by atoms with Crippen molar-refractivity contribution in [3.63, 3.8) is 0 Å². The Labute approximate surface area is 181 Å². The van der Waals surface area contributed by atoms with Gasteiger partial charge in [-0.05, 0) is 30.6 Å². The van der Waals surface area contributed by atoms with Crippen molar-refractivity contribution in [1.82, 2.24) is 9.88 Å². The minimum Gasteiger partial charge on any atom is -0.462 e. The highest BCUT2D eigenvalue weighted by Crippen LogP contribution is 2.38. The second-order valence-corrected chi connectivity index (χ2v) is 13.7. The van der Waals surface area contributed by atoms with Crippen LogP contribution in [0.15, 0.2) is 17.5 Å². The van der Waals surface area contributed by atoms with E-state index in [-0.39, 0.29) is 29.9 Å². The number of hydrogen-bond acceptors (Lipinski definition) is 6. The first-order valence-corrected chi connectivity index (χ1v) is 12.9. The number of nitrogens with zero attached hydrogens (tertiary/aromatic N) is 6. The Kier molecular flexibility index (Phi) is 7.46. The minimum absolute atomic E-state index is 0.0301. The van der Waals surface area contributed by atoms with E-state index in [9.17, 15) is 9.59 Å². The molecule has 0 aromatic carbocycles. The lowest BCUT2D eigenvalue weighted by Crippen LogP contribution is -2.51. The second-order valence-electron chi connectivity index (χ2n) is 8.51. The van der Waals surface area contributed by atoms with Gasteiger partial charge in [0.15, 0.2) is 19.2 Å². The van der Waals surface area contributed by atoms with Gasteiger partial charge in [-0.25, -0.2) is 14.7 Å². The maximum absolute atomic E-state index is 13.1. The van der Waals surface area contributed by atoms with E-state index in [0.717, 1.165) is 0 Å². The molecule has 2 atom stereocenters. The maximum Gasteiger partial charge on any atom is 0.499 e. The topological polar surface area (TPSA) is 121 Å². The van der Waals surface area contributed by atoms with Gasteiger partial charge in [0.1, 0.15) is 12.7 Å². The van der Waals surface area contributed by atoms with E-state index in [1.54, 1.807) is 6.92 Å². The number of rotatable bonds is 8. The van der Waals surface area contributed by atoms with Gasteiger partial charge >= 0.3 is 12.0 Å². The van der Waals surface area contributed by atoms with E-state index in [2.05, 4.69) is 48.9 Å². The molecule has 0 radical (unpaired) electrons. The van der Waals surface area contributed by atoms with Crippen molar-refractivity contribution < 1.29 is 23.3 Å². The van der Waals surface area contributed by atoms with E-state index in [1.807, 2.05) is 0 Å². The smallest absolute Gasteiger partial charge is 0.462 e. The van der Waals surface area contributed by atoms with Crippen LogP contribution in [-0.4, -0.2) is 56.0 Å². The minimum atomic E-state index is -2.24. The van der Waals surface area contributed by atoms with Gasteiger partial charge in [-0.15, -0.1) is 0 Å². The third-order valence-electron chi connectivity index (χ3n) is 5.40. The Hall–Kier alpha value is -2.20. The molecule has 0 bridgehead atoms. The molecular formula is C18H28ClN6O4Si+. The van der Waals surface area contributed by atoms with Crippen LogP contribution in [0.2, 0.25) is 23.3 Å². The maximum atomic E-state index is 13.1. The zero-order valence-corrected chi connectivity index (χ0v) is 19.9. The SMILES string of the molecule is CCOC(=O)C1c2cnc(Cl)c[n+]2C(=O)N1CC(CN=[N+]=[N-])O[Si](C)(C)C(C)(C)C. The molecule has 2 unspecified atom stereocenters. The third-order valence-corrected chi connectivity index (χ3v) is 10.1. The van der Waals surface area contributed by atoms with E-state index in [0.29, 0.717) is 5.69 Å². The Balaban J connectivity index is 2.40. The zero-order chi connectivity index (χ0) is 22.7. The van der Waals surface area contributed by atoms with Gasteiger partial charge in [-0.2, -0.15) is 9.36 Å². The summed E-state index contributed by atoms with van der Waals surface area (Å²) in [6.07, 6.45) is 2.17. The number of fused-ring (bicyclic) bond motifs is 1. The molecule has 30 heavy (non-hydrogen) atoms. The fraction of sp³-hybridized carbons (Fsp3) is 0.667. The van der Waals surface area contributed by atoms with Crippen LogP contribution in [0.25, 0.3) is 10.4 Å². The molecule has 2 heterocycles. The molecule has 10 nitrogen and oxygen atoms in total. The lowest BCUT2D eigenvalue weighted by atomic mass is 10.2. The fourth-order valence-corrected chi connectivity index (χ4v) is 4.39. The average molecular weight is 456 g/mol. The molecule has 0 aliphatic carbocycles. The van der Waals surface area contributed by atoms with Crippen LogP contribution in [0.4, 0.5) is 4.79 Å². The molecule has 2 rings (SSSR count). The highest BCUT2D eigenvalue weighted by atomic mass is 35.5. The molecule has 0 spiro atoms. The van der Waals surface area contributed by atoms with Crippen LogP contribution >= 0.6 is 11.6 Å². The number of carbonyl (C=O) groups excluding carboxylic acids is 2. The first-order valence-electron chi connectivity index (χ1n) is 9.66. The summed E-state index contributed by atoms with van der Waals surface area (Å²) in [7, 11) is -2.24. The van der Waals surface area contributed by atoms with Crippen LogP contribution < -0.4 is 4.57 Å². The van der Waals surface area contributed by atoms with Crippen LogP contribution in [0.5, 0.6) is 0 Å². The molecule has 1 aliphatic rings. The number of azide groups is 1. The largest absolute Gasteiger partial charge is 0.499 e. The van der Waals surface area contributed by atoms with Crippen molar-refractivity contribution in [2.24, 2.45) is 5.11 Å². The lowest BCUT2D eigenvalue weighted by Gasteiger charge is -2.39. The molecule has 0 saturated carbocycles. The monoisotopic (exact) mass is 455 g/mol. The van der Waals surface area contributed by atoms with Crippen LogP contribution in [0.3, 0.4) is 0 Å². The average Bonchev–Trinajstić information content (AvgIpc) is 2.90. The molecule has 1 aromatic heterocycles. The molecule has 1 aliphatic heterocycles. The normalized spacial score (nSPS) is 17.4. The number of aromatic nitrogens is 2. The van der Waals surface area contributed by atoms with Crippen molar-refractivity contribution in [3.8, 4) is 0 Å². The van der Waals surface area contributed by atoms with Crippen molar-refractivity contribution in [2.45, 2.75) is 58.0 Å². The number of carbonyl (C=O) groups is 2. The van der Waals surface area contributed by atoms with E-state index < -0.39 is 32.5 Å². The van der Waals surface area contributed by atoms with Crippen molar-refractivity contribution in [2.75, 3.05) is 19.7 Å². The van der Waals surface area contributed by atoms with E-state index >= 15 is 0 Å². The van der Waals surface area contributed by atoms with Gasteiger partial charge in [0.05, 0.1) is 25.5 Å². The summed E-state index contributed by atoms with van der Waals surface area (Å²) in [5, 5.41) is 3.69. The standard InChI is InChI=1S/C18H28ClN6O4Si/c1-7-28-16(26)15-13-9-21-14(19)11-24(13)17(27)25(15)10-12(8-22-23-20)29-30(5,6)18(2,3)4/h9,11-12,15H,7-8,10H2,1-6H3/q+1. The summed E-state index contributed by atoms with van der Waals surface area (Å²) >= 11 is 5.94. The summed E-state index contributed by atoms with van der Waals surface area (Å²) in [4.78, 5) is 34.0. The summed E-state index contributed by atoms with van der Waals surface area (Å²) in [6.45, 7) is 12.3. The quantitative estimate of drug-likeness (QED) is 0.148. The van der Waals surface area contributed by atoms with Gasteiger partial charge in [0.2, 0.25) is 0 Å². The van der Waals surface area contributed by atoms with Crippen LogP contribution in [-0.2, 0) is 14.0 Å². The van der Waals surface area contributed by atoms with Crippen molar-refractivity contribution in [3.05, 3.63) is 33.7 Å². The third kappa shape index (κ3) is 5.09. The Morgan fingerprint density at radius 3 is 2.73 bits per heavy atom. The van der Waals surface area contributed by atoms with Crippen molar-refractivity contribution in [1.29, 1.82) is 0 Å². The van der Waals surface area contributed by atoms with Crippen molar-refractivity contribution >= 4 is 31.9 Å². The number of amides is 1. The molecule has 1 amide bonds. The number of ether oxygens (including phenoxy) is 1. The summed E-state index contributed by atoms with van der Waals surface area (Å²) in [5.41, 5.74) is 9.16. The van der Waals surface area contributed by atoms with Gasteiger partial charge in [0.25, 0.3) is 6.04 Å². The molecule has 0 saturated heterocycles. The van der Waals surface area contributed by atoms with E-state index in [1.165, 1.54) is 21.9 Å². The predicted octanol–water partition coefficient (Wildman–Crippen LogP) is 3.61. The lowest BCUT2D eigenvalue weighted by molar-refractivity contribution is -0.573. The second kappa shape index (κ2) is 9.30. The highest BCUT2D eigenvalue weighted by Gasteiger charge is 2.52. The zero-order valence-electron chi connectivity index (χ0n) is 18.1. The number of halogens is 1. The molecular weight excluding hydrogens is 428 g/mol. The molecule has 0 N–H and O–H groups in total. The van der Waals surface area contributed by atoms with Crippen LogP contribution in [0.1, 0.15) is 39.4 Å². The van der Waals surface area contributed by atoms with Crippen LogP contribution in [0, 0.1) is 0 Å². The van der Waals surface area contributed by atoms with E-state index in [4.69, 9.17) is 26.3 Å². The Morgan fingerprint density at radius 2 is 2.17 bits per heavy atom. The fourth-order valence-electron chi connectivity index (χ4n) is 2.91. The molecule has 12 heteroatoms. The molecule has 164 valence electrons. The molecule has 0 fully saturated rings. The predicted molar refractivity (Wildman–Crippen MR) is 112 cm³/mol. The van der Waals surface area contributed by atoms with Gasteiger partial charge in [-0.3, -0.25) is 0 Å². The van der Waals surface area contributed by atoms with Gasteiger partial charge < -0.3 is 9.16 Å². The summed E-state index contributed by atoms with van der Waals surface area (Å²) < 4.78 is 12.9. The first kappa shape index (κ1) is 24.1.